The lowest BCUT2D eigenvalue weighted by Gasteiger charge is -2.43. The first-order valence-electron chi connectivity index (χ1n) is 7.16. The van der Waals surface area contributed by atoms with Crippen molar-refractivity contribution in [3.63, 3.8) is 0 Å². The van der Waals surface area contributed by atoms with Crippen molar-refractivity contribution in [1.29, 1.82) is 0 Å². The number of ether oxygens (including phenoxy) is 2. The first kappa shape index (κ1) is 14.0. The van der Waals surface area contributed by atoms with Gasteiger partial charge in [0, 0.05) is 26.2 Å². The van der Waals surface area contributed by atoms with Crippen molar-refractivity contribution in [2.45, 2.75) is 58.0 Å². The third kappa shape index (κ3) is 2.77. The van der Waals surface area contributed by atoms with Crippen LogP contribution in [0.1, 0.15) is 52.4 Å². The second kappa shape index (κ2) is 5.30. The molecule has 2 fully saturated rings. The minimum atomic E-state index is -0.502. The molecule has 0 aromatic rings. The molecular formula is C15H26O3. The van der Waals surface area contributed by atoms with E-state index in [1.807, 2.05) is 0 Å². The molecule has 1 saturated carbocycles. The van der Waals surface area contributed by atoms with Crippen LogP contribution in [0.5, 0.6) is 0 Å². The number of rotatable bonds is 3. The Labute approximate surface area is 110 Å². The SMILES string of the molecule is COC1(C(=O)C2CCOCC2)CCC(C)(C)CC1. The summed E-state index contributed by atoms with van der Waals surface area (Å²) in [7, 11) is 1.70. The summed E-state index contributed by atoms with van der Waals surface area (Å²) in [6, 6.07) is 0. The number of carbonyl (C=O) groups excluding carboxylic acids is 1. The minimum absolute atomic E-state index is 0.153. The fourth-order valence-corrected chi connectivity index (χ4v) is 3.21. The lowest BCUT2D eigenvalue weighted by atomic mass is 9.67. The first-order valence-corrected chi connectivity index (χ1v) is 7.16. The molecule has 3 heteroatoms. The number of carbonyl (C=O) groups is 1. The highest BCUT2D eigenvalue weighted by atomic mass is 16.5. The lowest BCUT2D eigenvalue weighted by molar-refractivity contribution is -0.155. The molecule has 0 aromatic carbocycles. The molecule has 0 amide bonds. The Hall–Kier alpha value is -0.410. The van der Waals surface area contributed by atoms with Gasteiger partial charge >= 0.3 is 0 Å². The van der Waals surface area contributed by atoms with Gasteiger partial charge in [0.2, 0.25) is 0 Å². The van der Waals surface area contributed by atoms with Crippen LogP contribution in [-0.4, -0.2) is 31.7 Å². The van der Waals surface area contributed by atoms with Gasteiger partial charge in [-0.15, -0.1) is 0 Å². The number of hydrogen-bond donors (Lipinski definition) is 0. The Morgan fingerprint density at radius 1 is 1.11 bits per heavy atom. The van der Waals surface area contributed by atoms with E-state index < -0.39 is 5.60 Å². The molecule has 1 heterocycles. The number of hydrogen-bond acceptors (Lipinski definition) is 3. The highest BCUT2D eigenvalue weighted by molar-refractivity contribution is 5.89. The van der Waals surface area contributed by atoms with Crippen molar-refractivity contribution in [3.05, 3.63) is 0 Å². The van der Waals surface area contributed by atoms with Crippen molar-refractivity contribution >= 4 is 5.78 Å². The van der Waals surface area contributed by atoms with E-state index >= 15 is 0 Å². The molecular weight excluding hydrogens is 228 g/mol. The third-order valence-electron chi connectivity index (χ3n) is 4.84. The number of methoxy groups -OCH3 is 1. The zero-order valence-electron chi connectivity index (χ0n) is 12.0. The normalized spacial score (nSPS) is 27.9. The van der Waals surface area contributed by atoms with E-state index in [9.17, 15) is 4.79 Å². The average molecular weight is 254 g/mol. The second-order valence-corrected chi connectivity index (χ2v) is 6.61. The van der Waals surface area contributed by atoms with Crippen LogP contribution in [0.3, 0.4) is 0 Å². The monoisotopic (exact) mass is 254 g/mol. The zero-order chi connectivity index (χ0) is 13.2. The summed E-state index contributed by atoms with van der Waals surface area (Å²) in [6.07, 6.45) is 5.66. The Bertz CT molecular complexity index is 293. The van der Waals surface area contributed by atoms with Crippen molar-refractivity contribution in [2.24, 2.45) is 11.3 Å². The van der Waals surface area contributed by atoms with Crippen LogP contribution in [0.25, 0.3) is 0 Å². The molecule has 0 radical (unpaired) electrons. The summed E-state index contributed by atoms with van der Waals surface area (Å²) < 4.78 is 11.0. The van der Waals surface area contributed by atoms with Gasteiger partial charge in [0.15, 0.2) is 5.78 Å². The predicted molar refractivity (Wildman–Crippen MR) is 70.5 cm³/mol. The molecule has 3 nitrogen and oxygen atoms in total. The molecule has 0 aromatic heterocycles. The maximum Gasteiger partial charge on any atom is 0.167 e. The summed E-state index contributed by atoms with van der Waals surface area (Å²) >= 11 is 0. The van der Waals surface area contributed by atoms with E-state index in [1.54, 1.807) is 7.11 Å². The summed E-state index contributed by atoms with van der Waals surface area (Å²) in [6.45, 7) is 6.01. The second-order valence-electron chi connectivity index (χ2n) is 6.61. The Morgan fingerprint density at radius 2 is 1.67 bits per heavy atom. The maximum atomic E-state index is 12.7. The van der Waals surface area contributed by atoms with Gasteiger partial charge in [-0.3, -0.25) is 4.79 Å². The molecule has 104 valence electrons. The van der Waals surface area contributed by atoms with Crippen LogP contribution in [0.4, 0.5) is 0 Å². The molecule has 1 saturated heterocycles. The van der Waals surface area contributed by atoms with E-state index in [1.165, 1.54) is 0 Å². The molecule has 0 bridgehead atoms. The largest absolute Gasteiger partial charge is 0.381 e. The smallest absolute Gasteiger partial charge is 0.167 e. The number of ketones is 1. The fourth-order valence-electron chi connectivity index (χ4n) is 3.21. The summed E-state index contributed by atoms with van der Waals surface area (Å²) in [5.74, 6) is 0.490. The van der Waals surface area contributed by atoms with E-state index in [2.05, 4.69) is 13.8 Å². The summed E-state index contributed by atoms with van der Waals surface area (Å²) in [5, 5.41) is 0. The predicted octanol–water partition coefficient (Wildman–Crippen LogP) is 2.97. The van der Waals surface area contributed by atoms with Crippen molar-refractivity contribution in [3.8, 4) is 0 Å². The molecule has 18 heavy (non-hydrogen) atoms. The maximum absolute atomic E-state index is 12.7. The van der Waals surface area contributed by atoms with Gasteiger partial charge in [0.1, 0.15) is 5.60 Å². The van der Waals surface area contributed by atoms with Crippen LogP contribution in [0.2, 0.25) is 0 Å². The van der Waals surface area contributed by atoms with Gasteiger partial charge in [-0.1, -0.05) is 13.8 Å². The molecule has 0 spiro atoms. The van der Waals surface area contributed by atoms with Gasteiger partial charge in [-0.2, -0.15) is 0 Å². The average Bonchev–Trinajstić information content (AvgIpc) is 2.40. The third-order valence-corrected chi connectivity index (χ3v) is 4.84. The Morgan fingerprint density at radius 3 is 2.17 bits per heavy atom. The van der Waals surface area contributed by atoms with Gasteiger partial charge in [-0.25, -0.2) is 0 Å². The van der Waals surface area contributed by atoms with Gasteiger partial charge < -0.3 is 9.47 Å². The van der Waals surface area contributed by atoms with Crippen LogP contribution in [-0.2, 0) is 14.3 Å². The molecule has 0 unspecified atom stereocenters. The zero-order valence-corrected chi connectivity index (χ0v) is 12.0. The van der Waals surface area contributed by atoms with Crippen LogP contribution >= 0.6 is 0 Å². The van der Waals surface area contributed by atoms with E-state index in [-0.39, 0.29) is 5.92 Å². The van der Waals surface area contributed by atoms with Crippen molar-refractivity contribution in [1.82, 2.24) is 0 Å². The quantitative estimate of drug-likeness (QED) is 0.776. The topological polar surface area (TPSA) is 35.5 Å². The summed E-state index contributed by atoms with van der Waals surface area (Å²) in [5.41, 5.74) is -0.143. The van der Waals surface area contributed by atoms with E-state index in [4.69, 9.17) is 9.47 Å². The van der Waals surface area contributed by atoms with Gasteiger partial charge in [0.05, 0.1) is 0 Å². The molecule has 1 aliphatic heterocycles. The Kier molecular flexibility index (Phi) is 4.12. The van der Waals surface area contributed by atoms with E-state index in [0.717, 1.165) is 51.7 Å². The molecule has 2 rings (SSSR count). The van der Waals surface area contributed by atoms with Crippen LogP contribution in [0.15, 0.2) is 0 Å². The summed E-state index contributed by atoms with van der Waals surface area (Å²) in [4.78, 5) is 12.7. The minimum Gasteiger partial charge on any atom is -0.381 e. The molecule has 0 atom stereocenters. The van der Waals surface area contributed by atoms with E-state index in [0.29, 0.717) is 11.2 Å². The molecule has 0 N–H and O–H groups in total. The van der Waals surface area contributed by atoms with Crippen LogP contribution < -0.4 is 0 Å². The van der Waals surface area contributed by atoms with Gasteiger partial charge in [0.25, 0.3) is 0 Å². The van der Waals surface area contributed by atoms with Crippen molar-refractivity contribution < 1.29 is 14.3 Å². The molecule has 2 aliphatic rings. The standard InChI is InChI=1S/C15H26O3/c1-14(2)6-8-15(17-3,9-7-14)13(16)12-4-10-18-11-5-12/h12H,4-11H2,1-3H3. The fraction of sp³-hybridized carbons (Fsp3) is 0.933. The Balaban J connectivity index is 2.05. The van der Waals surface area contributed by atoms with Crippen LogP contribution in [0, 0.1) is 11.3 Å². The first-order chi connectivity index (χ1) is 8.49. The van der Waals surface area contributed by atoms with Crippen molar-refractivity contribution in [2.75, 3.05) is 20.3 Å². The van der Waals surface area contributed by atoms with Gasteiger partial charge in [-0.05, 0) is 43.9 Å². The molecule has 1 aliphatic carbocycles. The number of Topliss-reactive ketones (excluding diaryl/α,β-unsaturated/α-hetero) is 1. The highest BCUT2D eigenvalue weighted by Gasteiger charge is 2.46. The highest BCUT2D eigenvalue weighted by Crippen LogP contribution is 2.43. The lowest BCUT2D eigenvalue weighted by Crippen LogP contribution is -2.49.